The summed E-state index contributed by atoms with van der Waals surface area (Å²) in [4.78, 5) is 13.6. The van der Waals surface area contributed by atoms with Gasteiger partial charge in [0, 0.05) is 34.9 Å². The van der Waals surface area contributed by atoms with Gasteiger partial charge in [-0.1, -0.05) is 0 Å². The van der Waals surface area contributed by atoms with E-state index in [1.54, 1.807) is 12.3 Å². The summed E-state index contributed by atoms with van der Waals surface area (Å²) >= 11 is 3.51. The van der Waals surface area contributed by atoms with E-state index >= 15 is 0 Å². The van der Waals surface area contributed by atoms with Gasteiger partial charge in [0.1, 0.15) is 5.76 Å². The van der Waals surface area contributed by atoms with Crippen molar-refractivity contribution in [1.29, 1.82) is 0 Å². The van der Waals surface area contributed by atoms with Gasteiger partial charge in [0.2, 0.25) is 0 Å². The number of halogens is 1. The van der Waals surface area contributed by atoms with E-state index in [0.717, 1.165) is 21.5 Å². The zero-order chi connectivity index (χ0) is 15.1. The fraction of sp³-hybridized carbons (Fsp3) is 0.267. The maximum absolute atomic E-state index is 11.5. The number of aliphatic hydroxyl groups excluding tert-OH is 1. The maximum atomic E-state index is 11.5. The molecule has 2 N–H and O–H groups in total. The van der Waals surface area contributed by atoms with Crippen LogP contribution in [0.25, 0.3) is 0 Å². The number of rotatable bonds is 3. The number of anilines is 2. The van der Waals surface area contributed by atoms with Crippen molar-refractivity contribution in [2.24, 2.45) is 0 Å². The fourth-order valence-electron chi connectivity index (χ4n) is 2.46. The fourth-order valence-corrected chi connectivity index (χ4v) is 3.13. The van der Waals surface area contributed by atoms with Gasteiger partial charge in [-0.15, -0.1) is 0 Å². The molecule has 5 nitrogen and oxygen atoms in total. The summed E-state index contributed by atoms with van der Waals surface area (Å²) in [5.74, 6) is 0.505. The standard InChI is InChI=1S/C15H15BrN2O3/c1-8-9(3-4-21-8)7-18(2)13-6-12-10(5-11(13)16)14(19)15(20)17-12/h3-6,14,19H,7H2,1-2H3,(H,17,20). The normalized spacial score (nSPS) is 16.8. The van der Waals surface area contributed by atoms with Crippen molar-refractivity contribution in [2.45, 2.75) is 19.6 Å². The Morgan fingerprint density at radius 2 is 2.24 bits per heavy atom. The van der Waals surface area contributed by atoms with Crippen LogP contribution in [0, 0.1) is 6.92 Å². The zero-order valence-electron chi connectivity index (χ0n) is 11.7. The number of benzene rings is 1. The van der Waals surface area contributed by atoms with E-state index in [2.05, 4.69) is 26.1 Å². The molecule has 110 valence electrons. The highest BCUT2D eigenvalue weighted by molar-refractivity contribution is 9.10. The first kappa shape index (κ1) is 14.2. The van der Waals surface area contributed by atoms with Gasteiger partial charge in [0.25, 0.3) is 5.91 Å². The molecule has 1 unspecified atom stereocenters. The van der Waals surface area contributed by atoms with Crippen LogP contribution in [0.2, 0.25) is 0 Å². The monoisotopic (exact) mass is 350 g/mol. The van der Waals surface area contributed by atoms with Crippen molar-refractivity contribution in [2.75, 3.05) is 17.3 Å². The minimum Gasteiger partial charge on any atom is -0.469 e. The highest BCUT2D eigenvalue weighted by Gasteiger charge is 2.29. The molecule has 2 aromatic rings. The van der Waals surface area contributed by atoms with E-state index in [0.29, 0.717) is 17.8 Å². The number of carbonyl (C=O) groups excluding carboxylic acids is 1. The molecule has 2 heterocycles. The third kappa shape index (κ3) is 2.45. The predicted molar refractivity (Wildman–Crippen MR) is 83.3 cm³/mol. The number of amides is 1. The van der Waals surface area contributed by atoms with Crippen LogP contribution in [0.3, 0.4) is 0 Å². The molecule has 0 spiro atoms. The molecular formula is C15H15BrN2O3. The summed E-state index contributed by atoms with van der Waals surface area (Å²) in [6.07, 6.45) is 0.582. The molecule has 1 aliphatic rings. The van der Waals surface area contributed by atoms with E-state index in [1.807, 2.05) is 26.1 Å². The average molecular weight is 351 g/mol. The van der Waals surface area contributed by atoms with Gasteiger partial charge in [-0.3, -0.25) is 4.79 Å². The molecule has 0 aliphatic carbocycles. The lowest BCUT2D eigenvalue weighted by atomic mass is 10.1. The molecule has 6 heteroatoms. The number of nitrogens with one attached hydrogen (secondary N) is 1. The van der Waals surface area contributed by atoms with Gasteiger partial charge >= 0.3 is 0 Å². The second-order valence-corrected chi connectivity index (χ2v) is 6.00. The quantitative estimate of drug-likeness (QED) is 0.892. The lowest BCUT2D eigenvalue weighted by Gasteiger charge is -2.21. The molecule has 3 rings (SSSR count). The van der Waals surface area contributed by atoms with Gasteiger partial charge in [-0.25, -0.2) is 0 Å². The average Bonchev–Trinajstić information content (AvgIpc) is 2.95. The van der Waals surface area contributed by atoms with Crippen LogP contribution in [0.15, 0.2) is 33.4 Å². The number of aliphatic hydroxyl groups is 1. The van der Waals surface area contributed by atoms with E-state index < -0.39 is 6.10 Å². The summed E-state index contributed by atoms with van der Waals surface area (Å²) in [6.45, 7) is 2.62. The SMILES string of the molecule is Cc1occc1CN(C)c1cc2c(cc1Br)C(O)C(=O)N2. The smallest absolute Gasteiger partial charge is 0.257 e. The third-order valence-corrected chi connectivity index (χ3v) is 4.34. The highest BCUT2D eigenvalue weighted by Crippen LogP contribution is 2.39. The molecule has 1 atom stereocenters. The first-order valence-corrected chi connectivity index (χ1v) is 7.33. The molecule has 21 heavy (non-hydrogen) atoms. The molecule has 0 bridgehead atoms. The largest absolute Gasteiger partial charge is 0.469 e. The van der Waals surface area contributed by atoms with Crippen LogP contribution in [0.1, 0.15) is 23.0 Å². The molecule has 0 fully saturated rings. The van der Waals surface area contributed by atoms with Crippen LogP contribution in [-0.2, 0) is 11.3 Å². The third-order valence-electron chi connectivity index (χ3n) is 3.70. The Morgan fingerprint density at radius 3 is 2.90 bits per heavy atom. The number of fused-ring (bicyclic) bond motifs is 1. The van der Waals surface area contributed by atoms with E-state index in [4.69, 9.17) is 4.42 Å². The highest BCUT2D eigenvalue weighted by atomic mass is 79.9. The topological polar surface area (TPSA) is 65.7 Å². The second kappa shape index (κ2) is 5.20. The van der Waals surface area contributed by atoms with Gasteiger partial charge in [0.15, 0.2) is 6.10 Å². The lowest BCUT2D eigenvalue weighted by molar-refractivity contribution is -0.123. The van der Waals surface area contributed by atoms with Crippen LogP contribution in [0.4, 0.5) is 11.4 Å². The van der Waals surface area contributed by atoms with Crippen LogP contribution in [0.5, 0.6) is 0 Å². The molecule has 1 amide bonds. The van der Waals surface area contributed by atoms with Gasteiger partial charge < -0.3 is 19.7 Å². The first-order chi connectivity index (χ1) is 9.97. The van der Waals surface area contributed by atoms with Crippen molar-refractivity contribution in [1.82, 2.24) is 0 Å². The Bertz CT molecular complexity index is 711. The second-order valence-electron chi connectivity index (χ2n) is 5.14. The number of carbonyl (C=O) groups is 1. The Balaban J connectivity index is 1.91. The Hall–Kier alpha value is -1.79. The summed E-state index contributed by atoms with van der Waals surface area (Å²) in [7, 11) is 1.96. The summed E-state index contributed by atoms with van der Waals surface area (Å²) in [6, 6.07) is 5.59. The van der Waals surface area contributed by atoms with Crippen LogP contribution in [-0.4, -0.2) is 18.1 Å². The minimum absolute atomic E-state index is 0.387. The summed E-state index contributed by atoms with van der Waals surface area (Å²) in [5.41, 5.74) is 3.29. The van der Waals surface area contributed by atoms with Gasteiger partial charge in [-0.2, -0.15) is 0 Å². The number of nitrogens with zero attached hydrogens (tertiary/aromatic N) is 1. The molecule has 0 saturated carbocycles. The van der Waals surface area contributed by atoms with Crippen molar-refractivity contribution in [3.63, 3.8) is 0 Å². The van der Waals surface area contributed by atoms with E-state index in [-0.39, 0.29) is 5.91 Å². The van der Waals surface area contributed by atoms with Crippen LogP contribution < -0.4 is 10.2 Å². The minimum atomic E-state index is -1.09. The van der Waals surface area contributed by atoms with E-state index in [1.165, 1.54) is 0 Å². The number of hydrogen-bond donors (Lipinski definition) is 2. The number of hydrogen-bond acceptors (Lipinski definition) is 4. The van der Waals surface area contributed by atoms with Gasteiger partial charge in [-0.05, 0) is 41.1 Å². The first-order valence-electron chi connectivity index (χ1n) is 6.54. The van der Waals surface area contributed by atoms with Crippen molar-refractivity contribution in [3.8, 4) is 0 Å². The summed E-state index contributed by atoms with van der Waals surface area (Å²) < 4.78 is 6.14. The zero-order valence-corrected chi connectivity index (χ0v) is 13.3. The molecule has 1 aromatic heterocycles. The Kier molecular flexibility index (Phi) is 3.51. The lowest BCUT2D eigenvalue weighted by Crippen LogP contribution is -2.17. The van der Waals surface area contributed by atoms with Gasteiger partial charge in [0.05, 0.1) is 12.0 Å². The number of furan rings is 1. The molecule has 0 saturated heterocycles. The predicted octanol–water partition coefficient (Wildman–Crippen LogP) is 2.97. The molecular weight excluding hydrogens is 336 g/mol. The van der Waals surface area contributed by atoms with E-state index in [9.17, 15) is 9.90 Å². The Morgan fingerprint density at radius 1 is 1.48 bits per heavy atom. The molecule has 1 aliphatic heterocycles. The van der Waals surface area contributed by atoms with Crippen molar-refractivity contribution in [3.05, 3.63) is 45.8 Å². The molecule has 0 radical (unpaired) electrons. The van der Waals surface area contributed by atoms with Crippen molar-refractivity contribution >= 4 is 33.2 Å². The number of aryl methyl sites for hydroxylation is 1. The molecule has 1 aromatic carbocycles. The van der Waals surface area contributed by atoms with Crippen LogP contribution >= 0.6 is 15.9 Å². The maximum Gasteiger partial charge on any atom is 0.257 e. The Labute approximate surface area is 130 Å². The van der Waals surface area contributed by atoms with Crippen molar-refractivity contribution < 1.29 is 14.3 Å². The summed E-state index contributed by atoms with van der Waals surface area (Å²) in [5, 5.41) is 12.5.